The van der Waals surface area contributed by atoms with Crippen LogP contribution < -0.4 is 20.3 Å². The van der Waals surface area contributed by atoms with Gasteiger partial charge in [0.15, 0.2) is 6.10 Å². The summed E-state index contributed by atoms with van der Waals surface area (Å²) >= 11 is 0. The number of amides is 2. The average Bonchev–Trinajstić information content (AvgIpc) is 2.63. The zero-order chi connectivity index (χ0) is 18.4. The molecular formula is C19H22N2O4. The Bertz CT molecular complexity index is 774. The minimum absolute atomic E-state index is 0.327. The summed E-state index contributed by atoms with van der Waals surface area (Å²) in [5.41, 5.74) is 7.11. The van der Waals surface area contributed by atoms with E-state index >= 15 is 0 Å². The number of hydrogen-bond donors (Lipinski definition) is 2. The molecule has 6 heteroatoms. The highest BCUT2D eigenvalue weighted by atomic mass is 16.5. The summed E-state index contributed by atoms with van der Waals surface area (Å²) in [6.07, 6.45) is -0.765. The number of aryl methyl sites for hydroxylation is 1. The van der Waals surface area contributed by atoms with Crippen LogP contribution in [0.3, 0.4) is 0 Å². The molecule has 1 unspecified atom stereocenters. The van der Waals surface area contributed by atoms with Crippen LogP contribution in [0.2, 0.25) is 0 Å². The van der Waals surface area contributed by atoms with E-state index in [0.29, 0.717) is 17.1 Å². The first-order valence-electron chi connectivity index (χ1n) is 7.90. The highest BCUT2D eigenvalue weighted by Crippen LogP contribution is 2.21. The maximum absolute atomic E-state index is 12.2. The quantitative estimate of drug-likeness (QED) is 0.819. The van der Waals surface area contributed by atoms with Crippen molar-refractivity contribution in [1.29, 1.82) is 0 Å². The van der Waals surface area contributed by atoms with Gasteiger partial charge in [0.2, 0.25) is 0 Å². The minimum atomic E-state index is -0.765. The van der Waals surface area contributed by atoms with Crippen molar-refractivity contribution in [2.75, 3.05) is 7.11 Å². The molecule has 0 heterocycles. The van der Waals surface area contributed by atoms with Crippen LogP contribution in [0.1, 0.15) is 28.4 Å². The lowest BCUT2D eigenvalue weighted by atomic mass is 10.1. The predicted octanol–water partition coefficient (Wildman–Crippen LogP) is 2.54. The molecule has 25 heavy (non-hydrogen) atoms. The number of nitrogens with one attached hydrogen (secondary N) is 2. The van der Waals surface area contributed by atoms with E-state index in [1.54, 1.807) is 37.3 Å². The van der Waals surface area contributed by atoms with Gasteiger partial charge in [0.05, 0.1) is 12.7 Å². The third-order valence-electron chi connectivity index (χ3n) is 3.88. The average molecular weight is 342 g/mol. The fourth-order valence-corrected chi connectivity index (χ4v) is 2.22. The molecule has 0 aliphatic heterocycles. The van der Waals surface area contributed by atoms with Crippen LogP contribution in [0.25, 0.3) is 0 Å². The van der Waals surface area contributed by atoms with Crippen LogP contribution in [0, 0.1) is 13.8 Å². The summed E-state index contributed by atoms with van der Waals surface area (Å²) in [7, 11) is 1.48. The number of hydrogen-bond acceptors (Lipinski definition) is 4. The van der Waals surface area contributed by atoms with E-state index < -0.39 is 17.9 Å². The zero-order valence-electron chi connectivity index (χ0n) is 14.8. The molecule has 2 rings (SSSR count). The molecule has 6 nitrogen and oxygen atoms in total. The van der Waals surface area contributed by atoms with Crippen molar-refractivity contribution in [2.45, 2.75) is 26.9 Å². The van der Waals surface area contributed by atoms with E-state index in [2.05, 4.69) is 10.9 Å². The first-order valence-corrected chi connectivity index (χ1v) is 7.90. The van der Waals surface area contributed by atoms with Gasteiger partial charge < -0.3 is 9.47 Å². The maximum Gasteiger partial charge on any atom is 0.279 e. The van der Waals surface area contributed by atoms with Gasteiger partial charge in [-0.05, 0) is 50.1 Å². The van der Waals surface area contributed by atoms with E-state index in [0.717, 1.165) is 11.1 Å². The van der Waals surface area contributed by atoms with E-state index in [-0.39, 0.29) is 0 Å². The molecule has 0 saturated heterocycles. The van der Waals surface area contributed by atoms with Gasteiger partial charge in [0.25, 0.3) is 11.8 Å². The lowest BCUT2D eigenvalue weighted by molar-refractivity contribution is -0.128. The first kappa shape index (κ1) is 18.3. The lowest BCUT2D eigenvalue weighted by Gasteiger charge is -2.17. The second kappa shape index (κ2) is 8.19. The lowest BCUT2D eigenvalue weighted by Crippen LogP contribution is -2.47. The molecule has 2 N–H and O–H groups in total. The molecule has 2 aromatic carbocycles. The third-order valence-corrected chi connectivity index (χ3v) is 3.88. The number of para-hydroxylation sites is 1. The summed E-state index contributed by atoms with van der Waals surface area (Å²) in [6.45, 7) is 5.52. The molecule has 0 radical (unpaired) electrons. The van der Waals surface area contributed by atoms with Crippen LogP contribution >= 0.6 is 0 Å². The normalized spacial score (nSPS) is 11.4. The Balaban J connectivity index is 1.95. The van der Waals surface area contributed by atoms with Crippen LogP contribution in [0.5, 0.6) is 11.5 Å². The molecule has 2 amide bonds. The molecular weight excluding hydrogens is 320 g/mol. The molecule has 0 saturated carbocycles. The molecule has 0 bridgehead atoms. The number of ether oxygens (including phenoxy) is 2. The third kappa shape index (κ3) is 4.50. The fraction of sp³-hybridized carbons (Fsp3) is 0.263. The second-order valence-corrected chi connectivity index (χ2v) is 5.60. The maximum atomic E-state index is 12.2. The topological polar surface area (TPSA) is 76.7 Å². The van der Waals surface area contributed by atoms with Gasteiger partial charge in [-0.2, -0.15) is 0 Å². The predicted molar refractivity (Wildman–Crippen MR) is 94.6 cm³/mol. The van der Waals surface area contributed by atoms with Crippen LogP contribution in [-0.4, -0.2) is 25.0 Å². The Morgan fingerprint density at radius 3 is 2.36 bits per heavy atom. The van der Waals surface area contributed by atoms with E-state index in [1.807, 2.05) is 26.0 Å². The molecule has 1 atom stereocenters. The standard InChI is InChI=1S/C19H22N2O4/c1-12-8-7-11-16(13(12)2)25-14(3)18(22)20-21-19(23)15-9-5-6-10-17(15)24-4/h5-11,14H,1-4H3,(H,20,22)(H,21,23). The number of carbonyl (C=O) groups excluding carboxylic acids is 2. The molecule has 0 aromatic heterocycles. The smallest absolute Gasteiger partial charge is 0.279 e. The fourth-order valence-electron chi connectivity index (χ4n) is 2.22. The number of methoxy groups -OCH3 is 1. The van der Waals surface area contributed by atoms with Gasteiger partial charge in [-0.3, -0.25) is 20.4 Å². The first-order chi connectivity index (χ1) is 11.9. The van der Waals surface area contributed by atoms with E-state index in [9.17, 15) is 9.59 Å². The molecule has 132 valence electrons. The number of rotatable bonds is 5. The molecule has 0 fully saturated rings. The zero-order valence-corrected chi connectivity index (χ0v) is 14.8. The Labute approximate surface area is 147 Å². The van der Waals surface area contributed by atoms with Gasteiger partial charge in [-0.25, -0.2) is 0 Å². The second-order valence-electron chi connectivity index (χ2n) is 5.60. The van der Waals surface area contributed by atoms with Crippen molar-refractivity contribution >= 4 is 11.8 Å². The molecule has 0 aliphatic carbocycles. The monoisotopic (exact) mass is 342 g/mol. The SMILES string of the molecule is COc1ccccc1C(=O)NNC(=O)C(C)Oc1cccc(C)c1C. The van der Waals surface area contributed by atoms with Gasteiger partial charge >= 0.3 is 0 Å². The van der Waals surface area contributed by atoms with E-state index in [4.69, 9.17) is 9.47 Å². The highest BCUT2D eigenvalue weighted by molar-refractivity contribution is 5.98. The van der Waals surface area contributed by atoms with Gasteiger partial charge in [0, 0.05) is 0 Å². The Morgan fingerprint density at radius 1 is 0.960 bits per heavy atom. The summed E-state index contributed by atoms with van der Waals surface area (Å²) in [5.74, 6) is 0.140. The summed E-state index contributed by atoms with van der Waals surface area (Å²) in [4.78, 5) is 24.3. The van der Waals surface area contributed by atoms with E-state index in [1.165, 1.54) is 7.11 Å². The molecule has 0 aliphatic rings. The van der Waals surface area contributed by atoms with Gasteiger partial charge in [-0.1, -0.05) is 24.3 Å². The Morgan fingerprint density at radius 2 is 1.64 bits per heavy atom. The van der Waals surface area contributed by atoms with Gasteiger partial charge in [-0.15, -0.1) is 0 Å². The Hall–Kier alpha value is -3.02. The van der Waals surface area contributed by atoms with Crippen molar-refractivity contribution in [3.63, 3.8) is 0 Å². The van der Waals surface area contributed by atoms with Crippen molar-refractivity contribution in [3.8, 4) is 11.5 Å². The van der Waals surface area contributed by atoms with Crippen molar-refractivity contribution in [3.05, 3.63) is 59.2 Å². The highest BCUT2D eigenvalue weighted by Gasteiger charge is 2.18. The summed E-state index contributed by atoms with van der Waals surface area (Å²) in [6, 6.07) is 12.4. The van der Waals surface area contributed by atoms with Crippen molar-refractivity contribution in [1.82, 2.24) is 10.9 Å². The summed E-state index contributed by atoms with van der Waals surface area (Å²) in [5, 5.41) is 0. The van der Waals surface area contributed by atoms with Crippen LogP contribution in [0.4, 0.5) is 0 Å². The molecule has 2 aromatic rings. The number of benzene rings is 2. The molecule has 0 spiro atoms. The Kier molecular flexibility index (Phi) is 6.00. The van der Waals surface area contributed by atoms with Crippen molar-refractivity contribution < 1.29 is 19.1 Å². The van der Waals surface area contributed by atoms with Crippen LogP contribution in [0.15, 0.2) is 42.5 Å². The number of carbonyl (C=O) groups is 2. The summed E-state index contributed by atoms with van der Waals surface area (Å²) < 4.78 is 10.8. The minimum Gasteiger partial charge on any atom is -0.496 e. The van der Waals surface area contributed by atoms with Crippen LogP contribution in [-0.2, 0) is 4.79 Å². The number of hydrazine groups is 1. The van der Waals surface area contributed by atoms with Gasteiger partial charge in [0.1, 0.15) is 11.5 Å². The van der Waals surface area contributed by atoms with Crippen molar-refractivity contribution in [2.24, 2.45) is 0 Å². The largest absolute Gasteiger partial charge is 0.496 e.